The summed E-state index contributed by atoms with van der Waals surface area (Å²) in [6.07, 6.45) is 1.12. The predicted molar refractivity (Wildman–Crippen MR) is 95.0 cm³/mol. The van der Waals surface area contributed by atoms with Gasteiger partial charge in [-0.3, -0.25) is 9.59 Å². The minimum Gasteiger partial charge on any atom is -0.339 e. The van der Waals surface area contributed by atoms with E-state index in [2.05, 4.69) is 5.32 Å². The maximum Gasteiger partial charge on any atom is 0.255 e. The van der Waals surface area contributed by atoms with E-state index in [-0.39, 0.29) is 11.8 Å². The molecule has 2 rings (SSSR count). The van der Waals surface area contributed by atoms with Crippen molar-refractivity contribution in [3.63, 3.8) is 0 Å². The summed E-state index contributed by atoms with van der Waals surface area (Å²) < 4.78 is 0. The second kappa shape index (κ2) is 8.48. The Morgan fingerprint density at radius 3 is 2.52 bits per heavy atom. The van der Waals surface area contributed by atoms with E-state index in [1.165, 1.54) is 0 Å². The van der Waals surface area contributed by atoms with Crippen LogP contribution in [-0.4, -0.2) is 29.8 Å². The van der Waals surface area contributed by atoms with E-state index in [0.717, 1.165) is 5.56 Å². The van der Waals surface area contributed by atoms with Crippen LogP contribution in [0.2, 0.25) is 0 Å². The number of para-hydroxylation sites is 1. The van der Waals surface area contributed by atoms with Crippen LogP contribution in [0.15, 0.2) is 41.1 Å². The van der Waals surface area contributed by atoms with Gasteiger partial charge in [-0.05, 0) is 54.8 Å². The van der Waals surface area contributed by atoms with Crippen molar-refractivity contribution in [2.75, 3.05) is 18.4 Å². The van der Waals surface area contributed by atoms with Gasteiger partial charge in [0.05, 0.1) is 11.3 Å². The van der Waals surface area contributed by atoms with Crippen molar-refractivity contribution in [3.05, 3.63) is 52.2 Å². The summed E-state index contributed by atoms with van der Waals surface area (Å²) in [6, 6.07) is 9.20. The zero-order valence-electron chi connectivity index (χ0n) is 13.5. The molecule has 0 aliphatic heterocycles. The number of hydrogen-bond donors (Lipinski definition) is 1. The largest absolute Gasteiger partial charge is 0.339 e. The SMILES string of the molecule is CCN(CC)C(=O)c1ccccc1NC(=O)CCc1ccsc1. The van der Waals surface area contributed by atoms with Crippen molar-refractivity contribution < 1.29 is 9.59 Å². The standard InChI is InChI=1S/C18H22N2O2S/c1-3-20(4-2)18(22)15-7-5-6-8-16(15)19-17(21)10-9-14-11-12-23-13-14/h5-8,11-13H,3-4,9-10H2,1-2H3,(H,19,21). The van der Waals surface area contributed by atoms with Gasteiger partial charge in [-0.2, -0.15) is 11.3 Å². The molecule has 0 saturated carbocycles. The van der Waals surface area contributed by atoms with Crippen molar-refractivity contribution in [2.24, 2.45) is 0 Å². The van der Waals surface area contributed by atoms with Gasteiger partial charge >= 0.3 is 0 Å². The number of carbonyl (C=O) groups is 2. The number of hydrogen-bond acceptors (Lipinski definition) is 3. The normalized spacial score (nSPS) is 10.3. The number of rotatable bonds is 7. The highest BCUT2D eigenvalue weighted by Crippen LogP contribution is 2.18. The Balaban J connectivity index is 2.04. The highest BCUT2D eigenvalue weighted by Gasteiger charge is 2.17. The number of anilines is 1. The van der Waals surface area contributed by atoms with E-state index >= 15 is 0 Å². The first kappa shape index (κ1) is 17.2. The molecule has 0 saturated heterocycles. The van der Waals surface area contributed by atoms with Crippen LogP contribution in [0.5, 0.6) is 0 Å². The minimum atomic E-state index is -0.0732. The van der Waals surface area contributed by atoms with Gasteiger partial charge in [0.15, 0.2) is 0 Å². The second-order valence-electron chi connectivity index (χ2n) is 5.20. The molecule has 0 fully saturated rings. The quantitative estimate of drug-likeness (QED) is 0.839. The highest BCUT2D eigenvalue weighted by molar-refractivity contribution is 7.07. The number of nitrogens with one attached hydrogen (secondary N) is 1. The minimum absolute atomic E-state index is 0.0521. The number of carbonyl (C=O) groups excluding carboxylic acids is 2. The fraction of sp³-hybridized carbons (Fsp3) is 0.333. The molecular weight excluding hydrogens is 308 g/mol. The Morgan fingerprint density at radius 2 is 1.87 bits per heavy atom. The van der Waals surface area contributed by atoms with E-state index in [1.807, 2.05) is 42.8 Å². The number of thiophene rings is 1. The summed E-state index contributed by atoms with van der Waals surface area (Å²) in [6.45, 7) is 5.19. The van der Waals surface area contributed by atoms with Crippen molar-refractivity contribution >= 4 is 28.8 Å². The van der Waals surface area contributed by atoms with Gasteiger partial charge in [-0.1, -0.05) is 12.1 Å². The maximum absolute atomic E-state index is 12.5. The van der Waals surface area contributed by atoms with Crippen molar-refractivity contribution in [2.45, 2.75) is 26.7 Å². The van der Waals surface area contributed by atoms with Gasteiger partial charge in [0, 0.05) is 19.5 Å². The molecule has 5 heteroatoms. The molecule has 1 heterocycles. The molecule has 0 radical (unpaired) electrons. The Hall–Kier alpha value is -2.14. The van der Waals surface area contributed by atoms with Gasteiger partial charge in [0.1, 0.15) is 0 Å². The summed E-state index contributed by atoms with van der Waals surface area (Å²) in [5.74, 6) is -0.125. The predicted octanol–water partition coefficient (Wildman–Crippen LogP) is 3.80. The molecule has 0 aliphatic carbocycles. The maximum atomic E-state index is 12.5. The zero-order valence-corrected chi connectivity index (χ0v) is 14.4. The lowest BCUT2D eigenvalue weighted by atomic mass is 10.1. The molecule has 0 atom stereocenters. The zero-order chi connectivity index (χ0) is 16.7. The van der Waals surface area contributed by atoms with Crippen molar-refractivity contribution in [3.8, 4) is 0 Å². The third kappa shape index (κ3) is 4.66. The van der Waals surface area contributed by atoms with Crippen LogP contribution < -0.4 is 5.32 Å². The summed E-state index contributed by atoms with van der Waals surface area (Å²) in [7, 11) is 0. The molecular formula is C18H22N2O2S. The van der Waals surface area contributed by atoms with Crippen molar-refractivity contribution in [1.82, 2.24) is 4.90 Å². The number of benzene rings is 1. The number of nitrogens with zero attached hydrogens (tertiary/aromatic N) is 1. The van der Waals surface area contributed by atoms with Gasteiger partial charge in [0.2, 0.25) is 5.91 Å². The van der Waals surface area contributed by atoms with Crippen LogP contribution in [0.25, 0.3) is 0 Å². The lowest BCUT2D eigenvalue weighted by molar-refractivity contribution is -0.116. The average Bonchev–Trinajstić information content (AvgIpc) is 3.08. The molecule has 0 bridgehead atoms. The van der Waals surface area contributed by atoms with E-state index in [0.29, 0.717) is 37.2 Å². The van der Waals surface area contributed by atoms with Crippen molar-refractivity contribution in [1.29, 1.82) is 0 Å². The van der Waals surface area contributed by atoms with Gasteiger partial charge in [-0.25, -0.2) is 0 Å². The molecule has 0 aliphatic rings. The average molecular weight is 330 g/mol. The molecule has 0 unspecified atom stereocenters. The number of aryl methyl sites for hydroxylation is 1. The van der Waals surface area contributed by atoms with Crippen LogP contribution in [0.4, 0.5) is 5.69 Å². The Morgan fingerprint density at radius 1 is 1.13 bits per heavy atom. The summed E-state index contributed by atoms with van der Waals surface area (Å²) in [5, 5.41) is 6.93. The van der Waals surface area contributed by atoms with E-state index < -0.39 is 0 Å². The molecule has 1 aromatic carbocycles. The first-order valence-electron chi connectivity index (χ1n) is 7.85. The third-order valence-electron chi connectivity index (χ3n) is 3.70. The molecule has 1 N–H and O–H groups in total. The van der Waals surface area contributed by atoms with Crippen LogP contribution in [0, 0.1) is 0 Å². The summed E-state index contributed by atoms with van der Waals surface area (Å²) >= 11 is 1.63. The lowest BCUT2D eigenvalue weighted by Gasteiger charge is -2.20. The Kier molecular flexibility index (Phi) is 6.35. The molecule has 122 valence electrons. The van der Waals surface area contributed by atoms with Gasteiger partial charge in [-0.15, -0.1) is 0 Å². The molecule has 23 heavy (non-hydrogen) atoms. The second-order valence-corrected chi connectivity index (χ2v) is 5.98. The fourth-order valence-electron chi connectivity index (χ4n) is 2.37. The van der Waals surface area contributed by atoms with E-state index in [9.17, 15) is 9.59 Å². The van der Waals surface area contributed by atoms with E-state index in [4.69, 9.17) is 0 Å². The molecule has 4 nitrogen and oxygen atoms in total. The van der Waals surface area contributed by atoms with Crippen LogP contribution >= 0.6 is 11.3 Å². The smallest absolute Gasteiger partial charge is 0.255 e. The van der Waals surface area contributed by atoms with Crippen LogP contribution in [0.3, 0.4) is 0 Å². The Labute approximate surface area is 141 Å². The summed E-state index contributed by atoms with van der Waals surface area (Å²) in [5.41, 5.74) is 2.29. The first-order valence-corrected chi connectivity index (χ1v) is 8.79. The van der Waals surface area contributed by atoms with Gasteiger partial charge in [0.25, 0.3) is 5.91 Å². The molecule has 0 spiro atoms. The molecule has 2 amide bonds. The Bertz CT molecular complexity index is 649. The molecule has 2 aromatic rings. The third-order valence-corrected chi connectivity index (χ3v) is 4.44. The number of amides is 2. The highest BCUT2D eigenvalue weighted by atomic mass is 32.1. The van der Waals surface area contributed by atoms with Crippen LogP contribution in [-0.2, 0) is 11.2 Å². The fourth-order valence-corrected chi connectivity index (χ4v) is 3.07. The topological polar surface area (TPSA) is 49.4 Å². The summed E-state index contributed by atoms with van der Waals surface area (Å²) in [4.78, 5) is 26.4. The first-order chi connectivity index (χ1) is 11.2. The lowest BCUT2D eigenvalue weighted by Crippen LogP contribution is -2.31. The van der Waals surface area contributed by atoms with Gasteiger partial charge < -0.3 is 10.2 Å². The van der Waals surface area contributed by atoms with Crippen LogP contribution in [0.1, 0.15) is 36.2 Å². The molecule has 1 aromatic heterocycles. The monoisotopic (exact) mass is 330 g/mol. The van der Waals surface area contributed by atoms with E-state index in [1.54, 1.807) is 28.4 Å².